The average Bonchev–Trinajstić information content (AvgIpc) is 2.50. The number of allylic oxidation sites excluding steroid dienone is 6. The maximum Gasteiger partial charge on any atom is 0.746 e. The van der Waals surface area contributed by atoms with Gasteiger partial charge in [0.05, 0.1) is 4.20 Å². The smallest absolute Gasteiger partial charge is 0.115 e. The molecule has 0 aromatic carbocycles. The largest absolute Gasteiger partial charge is 0.746 e. The molecule has 1 unspecified atom stereocenters. The molecule has 0 fully saturated rings. The van der Waals surface area contributed by atoms with Crippen molar-refractivity contribution in [3.63, 3.8) is 0 Å². The van der Waals surface area contributed by atoms with Crippen LogP contribution in [0.15, 0.2) is 36.5 Å². The first-order chi connectivity index (χ1) is 10.8. The highest BCUT2D eigenvalue weighted by Crippen LogP contribution is 2.23. The van der Waals surface area contributed by atoms with Crippen LogP contribution in [0.5, 0.6) is 0 Å². The van der Waals surface area contributed by atoms with Crippen molar-refractivity contribution >= 4 is 8.34 Å². The van der Waals surface area contributed by atoms with Crippen LogP contribution in [0.2, 0.25) is 0 Å². The van der Waals surface area contributed by atoms with Gasteiger partial charge in [-0.05, 0) is 38.5 Å². The number of hydrogen-bond acceptors (Lipinski definition) is 2. The molecule has 126 valence electrons. The molecular weight excluding hydrogens is 298 g/mol. The SMILES string of the molecule is CC/C=C\C/C=C\C/C=C\CCCCCCCCO[P+](=O)F. The van der Waals surface area contributed by atoms with E-state index in [-0.39, 0.29) is 6.61 Å². The zero-order valence-electron chi connectivity index (χ0n) is 13.9. The molecule has 0 radical (unpaired) electrons. The van der Waals surface area contributed by atoms with Crippen molar-refractivity contribution in [1.82, 2.24) is 0 Å². The van der Waals surface area contributed by atoms with Gasteiger partial charge in [0, 0.05) is 4.57 Å². The first-order valence-corrected chi connectivity index (χ1v) is 9.55. The van der Waals surface area contributed by atoms with E-state index in [1.807, 2.05) is 0 Å². The predicted octanol–water partition coefficient (Wildman–Crippen LogP) is 7.22. The Hall–Kier alpha value is -0.790. The third-order valence-electron chi connectivity index (χ3n) is 3.24. The highest BCUT2D eigenvalue weighted by atomic mass is 31.2. The molecule has 0 rings (SSSR count). The van der Waals surface area contributed by atoms with Gasteiger partial charge in [-0.1, -0.05) is 69.1 Å². The number of halogens is 1. The van der Waals surface area contributed by atoms with Crippen LogP contribution in [0.25, 0.3) is 0 Å². The monoisotopic (exact) mass is 329 g/mol. The number of rotatable bonds is 15. The summed E-state index contributed by atoms with van der Waals surface area (Å²) in [5, 5.41) is 0. The second kappa shape index (κ2) is 18.3. The first kappa shape index (κ1) is 21.2. The molecule has 0 aliphatic heterocycles. The number of unbranched alkanes of at least 4 members (excludes halogenated alkanes) is 6. The van der Waals surface area contributed by atoms with E-state index in [1.165, 1.54) is 19.3 Å². The van der Waals surface area contributed by atoms with Gasteiger partial charge in [0.1, 0.15) is 6.61 Å². The Balaban J connectivity index is 3.20. The molecule has 4 heteroatoms. The second-order valence-corrected chi connectivity index (χ2v) is 5.93. The highest BCUT2D eigenvalue weighted by molar-refractivity contribution is 7.32. The lowest BCUT2D eigenvalue weighted by Gasteiger charge is -1.98. The number of hydrogen-bond donors (Lipinski definition) is 0. The van der Waals surface area contributed by atoms with Crippen LogP contribution < -0.4 is 0 Å². The molecular formula is C18H31FO2P+. The zero-order valence-corrected chi connectivity index (χ0v) is 14.8. The maximum absolute atomic E-state index is 11.9. The van der Waals surface area contributed by atoms with E-state index in [0.717, 1.165) is 44.9 Å². The Labute approximate surface area is 136 Å². The van der Waals surface area contributed by atoms with E-state index >= 15 is 0 Å². The van der Waals surface area contributed by atoms with E-state index in [4.69, 9.17) is 0 Å². The second-order valence-electron chi connectivity index (χ2n) is 5.25. The molecule has 1 atom stereocenters. The Morgan fingerprint density at radius 1 is 0.818 bits per heavy atom. The lowest BCUT2D eigenvalue weighted by Crippen LogP contribution is -1.86. The average molecular weight is 329 g/mol. The molecule has 22 heavy (non-hydrogen) atoms. The lowest BCUT2D eigenvalue weighted by molar-refractivity contribution is 0.295. The topological polar surface area (TPSA) is 26.3 Å². The molecule has 0 amide bonds. The van der Waals surface area contributed by atoms with Gasteiger partial charge in [-0.2, -0.15) is 0 Å². The molecule has 0 N–H and O–H groups in total. The summed E-state index contributed by atoms with van der Waals surface area (Å²) >= 11 is 0. The fourth-order valence-electron chi connectivity index (χ4n) is 2.03. The highest BCUT2D eigenvalue weighted by Gasteiger charge is 2.14. The Morgan fingerprint density at radius 2 is 1.36 bits per heavy atom. The van der Waals surface area contributed by atoms with Gasteiger partial charge in [0.25, 0.3) is 0 Å². The quantitative estimate of drug-likeness (QED) is 0.180. The van der Waals surface area contributed by atoms with Crippen molar-refractivity contribution in [2.45, 2.75) is 71.1 Å². The van der Waals surface area contributed by atoms with Gasteiger partial charge < -0.3 is 0 Å². The standard InChI is InChI=1S/C18H31FO2P/c1-2-3-4-5-6-7-8-9-10-11-12-13-14-15-16-17-18-21-22(19)20/h3-4,6-7,9-10H,2,5,8,11-18H2,1H3/q+1/b4-3-,7-6-,10-9-. The van der Waals surface area contributed by atoms with Gasteiger partial charge in [0.2, 0.25) is 0 Å². The Bertz CT molecular complexity index is 338. The molecule has 0 aromatic rings. The van der Waals surface area contributed by atoms with Crippen molar-refractivity contribution in [2.24, 2.45) is 0 Å². The van der Waals surface area contributed by atoms with Crippen LogP contribution >= 0.6 is 8.34 Å². The summed E-state index contributed by atoms with van der Waals surface area (Å²) in [6.07, 6.45) is 24.3. The van der Waals surface area contributed by atoms with Crippen LogP contribution in [0.1, 0.15) is 71.1 Å². The van der Waals surface area contributed by atoms with Crippen molar-refractivity contribution < 1.29 is 13.3 Å². The summed E-state index contributed by atoms with van der Waals surface area (Å²) in [7, 11) is -2.91. The summed E-state index contributed by atoms with van der Waals surface area (Å²) in [6.45, 7) is 2.42. The summed E-state index contributed by atoms with van der Waals surface area (Å²) in [6, 6.07) is 0. The zero-order chi connectivity index (χ0) is 16.3. The van der Waals surface area contributed by atoms with E-state index in [1.54, 1.807) is 0 Å². The van der Waals surface area contributed by atoms with Crippen molar-refractivity contribution in [3.05, 3.63) is 36.5 Å². The first-order valence-electron chi connectivity index (χ1n) is 8.48. The van der Waals surface area contributed by atoms with Crippen LogP contribution in [0, 0.1) is 0 Å². The van der Waals surface area contributed by atoms with E-state index < -0.39 is 8.34 Å². The molecule has 0 spiro atoms. The van der Waals surface area contributed by atoms with Crippen LogP contribution in [-0.4, -0.2) is 6.61 Å². The molecule has 0 heterocycles. The molecule has 0 saturated carbocycles. The molecule has 0 aliphatic carbocycles. The fraction of sp³-hybridized carbons (Fsp3) is 0.667. The van der Waals surface area contributed by atoms with E-state index in [0.29, 0.717) is 0 Å². The maximum atomic E-state index is 11.9. The van der Waals surface area contributed by atoms with Crippen LogP contribution in [-0.2, 0) is 9.09 Å². The summed E-state index contributed by atoms with van der Waals surface area (Å²) < 4.78 is 26.3. The molecule has 0 aliphatic rings. The van der Waals surface area contributed by atoms with Gasteiger partial charge in [-0.25, -0.2) is 0 Å². The molecule has 0 aromatic heterocycles. The molecule has 2 nitrogen and oxygen atoms in total. The molecule has 0 saturated heterocycles. The van der Waals surface area contributed by atoms with Crippen LogP contribution in [0.3, 0.4) is 0 Å². The normalized spacial score (nSPS) is 12.9. The Kier molecular flexibility index (Phi) is 17.6. The van der Waals surface area contributed by atoms with Gasteiger partial charge >= 0.3 is 8.34 Å². The van der Waals surface area contributed by atoms with Crippen molar-refractivity contribution in [2.75, 3.05) is 6.61 Å². The lowest BCUT2D eigenvalue weighted by atomic mass is 10.1. The fourth-order valence-corrected chi connectivity index (χ4v) is 2.31. The minimum absolute atomic E-state index is 0.274. The summed E-state index contributed by atoms with van der Waals surface area (Å²) in [4.78, 5) is 0. The Morgan fingerprint density at radius 3 is 2.00 bits per heavy atom. The van der Waals surface area contributed by atoms with Crippen molar-refractivity contribution in [3.8, 4) is 0 Å². The molecule has 0 bridgehead atoms. The summed E-state index contributed by atoms with van der Waals surface area (Å²) in [5.74, 6) is 0. The van der Waals surface area contributed by atoms with E-state index in [9.17, 15) is 8.76 Å². The third kappa shape index (κ3) is 19.2. The van der Waals surface area contributed by atoms with E-state index in [2.05, 4.69) is 47.9 Å². The predicted molar refractivity (Wildman–Crippen MR) is 93.9 cm³/mol. The third-order valence-corrected chi connectivity index (χ3v) is 3.62. The van der Waals surface area contributed by atoms with Gasteiger partial charge in [-0.15, -0.1) is 4.52 Å². The van der Waals surface area contributed by atoms with Crippen molar-refractivity contribution in [1.29, 1.82) is 0 Å². The minimum Gasteiger partial charge on any atom is -0.115 e. The van der Waals surface area contributed by atoms with Crippen LogP contribution in [0.4, 0.5) is 4.20 Å². The van der Waals surface area contributed by atoms with Gasteiger partial charge in [-0.3, -0.25) is 0 Å². The minimum atomic E-state index is -2.91. The summed E-state index contributed by atoms with van der Waals surface area (Å²) in [5.41, 5.74) is 0. The van der Waals surface area contributed by atoms with Gasteiger partial charge in [0.15, 0.2) is 0 Å².